The first-order valence-corrected chi connectivity index (χ1v) is 8.82. The Morgan fingerprint density at radius 3 is 2.69 bits per heavy atom. The summed E-state index contributed by atoms with van der Waals surface area (Å²) in [7, 11) is 0. The maximum absolute atomic E-state index is 12.2. The van der Waals surface area contributed by atoms with Crippen molar-refractivity contribution in [3.63, 3.8) is 0 Å². The fourth-order valence-electron chi connectivity index (χ4n) is 2.72. The van der Waals surface area contributed by atoms with E-state index in [9.17, 15) is 4.79 Å². The summed E-state index contributed by atoms with van der Waals surface area (Å²) in [6, 6.07) is 17.7. The van der Waals surface area contributed by atoms with Gasteiger partial charge in [-0.25, -0.2) is 4.68 Å². The number of ether oxygens (including phenoxy) is 1. The van der Waals surface area contributed by atoms with E-state index >= 15 is 0 Å². The van der Waals surface area contributed by atoms with Crippen molar-refractivity contribution in [2.45, 2.75) is 26.3 Å². The molecule has 5 heteroatoms. The standard InChI is InChI=1S/C21H23N3O2/c1-2-26-20-11-7-6-8-18(20)12-13-21(25)22-14-17-15-23-24(16-17)19-9-4-3-5-10-19/h3-11,15-16H,2,12-14H2,1H3,(H,22,25). The first kappa shape index (κ1) is 17.7. The molecule has 0 saturated heterocycles. The molecule has 1 aromatic heterocycles. The summed E-state index contributed by atoms with van der Waals surface area (Å²) >= 11 is 0. The van der Waals surface area contributed by atoms with Gasteiger partial charge in [0.1, 0.15) is 5.75 Å². The molecule has 0 saturated carbocycles. The Balaban J connectivity index is 1.50. The molecule has 1 amide bonds. The SMILES string of the molecule is CCOc1ccccc1CCC(=O)NCc1cnn(-c2ccccc2)c1. The number of nitrogens with zero attached hydrogens (tertiary/aromatic N) is 2. The van der Waals surface area contributed by atoms with E-state index in [0.29, 0.717) is 26.0 Å². The summed E-state index contributed by atoms with van der Waals surface area (Å²) in [5.74, 6) is 0.871. The van der Waals surface area contributed by atoms with Crippen LogP contribution in [0, 0.1) is 0 Å². The second kappa shape index (κ2) is 8.85. The van der Waals surface area contributed by atoms with Crippen molar-refractivity contribution in [2.75, 3.05) is 6.61 Å². The van der Waals surface area contributed by atoms with E-state index in [4.69, 9.17) is 4.74 Å². The van der Waals surface area contributed by atoms with Crippen LogP contribution in [-0.4, -0.2) is 22.3 Å². The minimum atomic E-state index is 0.0174. The Morgan fingerprint density at radius 2 is 1.88 bits per heavy atom. The zero-order chi connectivity index (χ0) is 18.2. The average molecular weight is 349 g/mol. The first-order valence-electron chi connectivity index (χ1n) is 8.82. The molecule has 0 bridgehead atoms. The monoisotopic (exact) mass is 349 g/mol. The van der Waals surface area contributed by atoms with Crippen LogP contribution in [-0.2, 0) is 17.8 Å². The maximum atomic E-state index is 12.2. The van der Waals surface area contributed by atoms with Crippen molar-refractivity contribution in [2.24, 2.45) is 0 Å². The highest BCUT2D eigenvalue weighted by Gasteiger charge is 2.07. The number of carbonyl (C=O) groups excluding carboxylic acids is 1. The van der Waals surface area contributed by atoms with Gasteiger partial charge in [0.15, 0.2) is 0 Å². The quantitative estimate of drug-likeness (QED) is 0.677. The molecule has 2 aromatic carbocycles. The zero-order valence-electron chi connectivity index (χ0n) is 14.9. The predicted molar refractivity (Wildman–Crippen MR) is 101 cm³/mol. The van der Waals surface area contributed by atoms with E-state index in [-0.39, 0.29) is 5.91 Å². The van der Waals surface area contributed by atoms with Gasteiger partial charge in [0.25, 0.3) is 0 Å². The van der Waals surface area contributed by atoms with Crippen molar-refractivity contribution in [1.29, 1.82) is 0 Å². The number of para-hydroxylation sites is 2. The molecule has 3 rings (SSSR count). The Bertz CT molecular complexity index is 843. The van der Waals surface area contributed by atoms with Crippen LogP contribution in [0.15, 0.2) is 67.0 Å². The van der Waals surface area contributed by atoms with Crippen LogP contribution >= 0.6 is 0 Å². The zero-order valence-corrected chi connectivity index (χ0v) is 14.9. The molecular formula is C21H23N3O2. The minimum absolute atomic E-state index is 0.0174. The minimum Gasteiger partial charge on any atom is -0.494 e. The Kier molecular flexibility index (Phi) is 6.04. The number of carbonyl (C=O) groups is 1. The molecule has 134 valence electrons. The topological polar surface area (TPSA) is 56.1 Å². The van der Waals surface area contributed by atoms with E-state index in [2.05, 4.69) is 10.4 Å². The highest BCUT2D eigenvalue weighted by Crippen LogP contribution is 2.19. The molecule has 0 atom stereocenters. The van der Waals surface area contributed by atoms with Crippen LogP contribution in [0.3, 0.4) is 0 Å². The van der Waals surface area contributed by atoms with Gasteiger partial charge in [-0.15, -0.1) is 0 Å². The lowest BCUT2D eigenvalue weighted by molar-refractivity contribution is -0.121. The second-order valence-electron chi connectivity index (χ2n) is 5.95. The number of hydrogen-bond donors (Lipinski definition) is 1. The summed E-state index contributed by atoms with van der Waals surface area (Å²) in [5.41, 5.74) is 3.02. The Morgan fingerprint density at radius 1 is 1.12 bits per heavy atom. The van der Waals surface area contributed by atoms with Crippen molar-refractivity contribution in [3.05, 3.63) is 78.1 Å². The summed E-state index contributed by atoms with van der Waals surface area (Å²) in [6.45, 7) is 3.05. The number of benzene rings is 2. The molecule has 0 unspecified atom stereocenters. The normalized spacial score (nSPS) is 10.5. The van der Waals surface area contributed by atoms with E-state index < -0.39 is 0 Å². The molecule has 0 aliphatic heterocycles. The van der Waals surface area contributed by atoms with Gasteiger partial charge in [0, 0.05) is 24.7 Å². The third-order valence-electron chi connectivity index (χ3n) is 4.04. The fourth-order valence-corrected chi connectivity index (χ4v) is 2.72. The Hall–Kier alpha value is -3.08. The predicted octanol–water partition coefficient (Wildman–Crippen LogP) is 3.52. The summed E-state index contributed by atoms with van der Waals surface area (Å²) in [4.78, 5) is 12.2. The number of aromatic nitrogens is 2. The number of rotatable bonds is 8. The van der Waals surface area contributed by atoms with Crippen molar-refractivity contribution < 1.29 is 9.53 Å². The van der Waals surface area contributed by atoms with Gasteiger partial charge in [-0.3, -0.25) is 4.79 Å². The van der Waals surface area contributed by atoms with Crippen molar-refractivity contribution in [3.8, 4) is 11.4 Å². The summed E-state index contributed by atoms with van der Waals surface area (Å²) < 4.78 is 7.41. The molecule has 3 aromatic rings. The van der Waals surface area contributed by atoms with Crippen molar-refractivity contribution in [1.82, 2.24) is 15.1 Å². The fraction of sp³-hybridized carbons (Fsp3) is 0.238. The Labute approximate surface area is 153 Å². The molecule has 0 radical (unpaired) electrons. The number of nitrogens with one attached hydrogen (secondary N) is 1. The molecule has 0 spiro atoms. The van der Waals surface area contributed by atoms with Gasteiger partial charge in [0.05, 0.1) is 18.5 Å². The summed E-state index contributed by atoms with van der Waals surface area (Å²) in [6.07, 6.45) is 4.79. The van der Waals surface area contributed by atoms with Crippen LogP contribution in [0.5, 0.6) is 5.75 Å². The van der Waals surface area contributed by atoms with Crippen molar-refractivity contribution >= 4 is 5.91 Å². The smallest absolute Gasteiger partial charge is 0.220 e. The molecule has 1 N–H and O–H groups in total. The van der Waals surface area contributed by atoms with E-state index in [1.807, 2.05) is 67.7 Å². The third-order valence-corrected chi connectivity index (χ3v) is 4.04. The third kappa shape index (κ3) is 4.72. The van der Waals surface area contributed by atoms with Crippen LogP contribution in [0.4, 0.5) is 0 Å². The maximum Gasteiger partial charge on any atom is 0.220 e. The van der Waals surface area contributed by atoms with E-state index in [1.54, 1.807) is 10.9 Å². The molecule has 0 aliphatic carbocycles. The van der Waals surface area contributed by atoms with Gasteiger partial charge >= 0.3 is 0 Å². The summed E-state index contributed by atoms with van der Waals surface area (Å²) in [5, 5.41) is 7.29. The largest absolute Gasteiger partial charge is 0.494 e. The highest BCUT2D eigenvalue weighted by molar-refractivity contribution is 5.76. The molecule has 0 aliphatic rings. The molecular weight excluding hydrogens is 326 g/mol. The lowest BCUT2D eigenvalue weighted by Gasteiger charge is -2.09. The number of hydrogen-bond acceptors (Lipinski definition) is 3. The molecule has 1 heterocycles. The first-order chi connectivity index (χ1) is 12.8. The lowest BCUT2D eigenvalue weighted by Crippen LogP contribution is -2.22. The van der Waals surface area contributed by atoms with Crippen LogP contribution in [0.25, 0.3) is 5.69 Å². The van der Waals surface area contributed by atoms with Gasteiger partial charge in [-0.05, 0) is 37.1 Å². The molecule has 5 nitrogen and oxygen atoms in total. The van der Waals surface area contributed by atoms with E-state index in [0.717, 1.165) is 22.6 Å². The molecule has 0 fully saturated rings. The highest BCUT2D eigenvalue weighted by atomic mass is 16.5. The van der Waals surface area contributed by atoms with Gasteiger partial charge in [-0.1, -0.05) is 36.4 Å². The van der Waals surface area contributed by atoms with Gasteiger partial charge in [-0.2, -0.15) is 5.10 Å². The van der Waals surface area contributed by atoms with Crippen LogP contribution in [0.1, 0.15) is 24.5 Å². The number of amides is 1. The average Bonchev–Trinajstić information content (AvgIpc) is 3.16. The lowest BCUT2D eigenvalue weighted by atomic mass is 10.1. The van der Waals surface area contributed by atoms with Crippen LogP contribution in [0.2, 0.25) is 0 Å². The van der Waals surface area contributed by atoms with E-state index in [1.165, 1.54) is 0 Å². The second-order valence-corrected chi connectivity index (χ2v) is 5.95. The van der Waals surface area contributed by atoms with Crippen LogP contribution < -0.4 is 10.1 Å². The van der Waals surface area contributed by atoms with Gasteiger partial charge in [0.2, 0.25) is 5.91 Å². The van der Waals surface area contributed by atoms with Gasteiger partial charge < -0.3 is 10.1 Å². The number of aryl methyl sites for hydroxylation is 1. The molecule has 26 heavy (non-hydrogen) atoms.